The fourth-order valence-corrected chi connectivity index (χ4v) is 5.18. The Balaban J connectivity index is 1.81. The maximum Gasteiger partial charge on any atom is 0.304 e. The number of carboxylic acids is 1. The maximum absolute atomic E-state index is 13.9. The van der Waals surface area contributed by atoms with Crippen molar-refractivity contribution in [2.75, 3.05) is 41.1 Å². The van der Waals surface area contributed by atoms with Gasteiger partial charge in [0.05, 0.1) is 27.2 Å². The molecular weight excluding hydrogens is 500 g/mol. The third kappa shape index (κ3) is 8.34. The fraction of sp³-hybridized carbons (Fsp3) is 0.533. The lowest BCUT2D eigenvalue weighted by atomic mass is 9.93. The molecule has 9 heteroatoms. The predicted octanol–water partition coefficient (Wildman–Crippen LogP) is 4.48. The molecule has 0 radical (unpaired) electrons. The zero-order valence-electron chi connectivity index (χ0n) is 23.7. The summed E-state index contributed by atoms with van der Waals surface area (Å²) < 4.78 is 21.7. The first-order valence-electron chi connectivity index (χ1n) is 13.5. The van der Waals surface area contributed by atoms with Gasteiger partial charge < -0.3 is 29.0 Å². The third-order valence-corrected chi connectivity index (χ3v) is 7.09. The van der Waals surface area contributed by atoms with Gasteiger partial charge in [-0.05, 0) is 62.6 Å². The molecule has 1 amide bonds. The number of methoxy groups -OCH3 is 3. The highest BCUT2D eigenvalue weighted by molar-refractivity contribution is 5.95. The predicted molar refractivity (Wildman–Crippen MR) is 149 cm³/mol. The third-order valence-electron chi connectivity index (χ3n) is 7.09. The Labute approximate surface area is 231 Å². The van der Waals surface area contributed by atoms with Crippen LogP contribution in [0.15, 0.2) is 42.5 Å². The molecule has 1 fully saturated rings. The van der Waals surface area contributed by atoms with E-state index < -0.39 is 5.97 Å². The van der Waals surface area contributed by atoms with Crippen LogP contribution in [0.1, 0.15) is 55.5 Å². The van der Waals surface area contributed by atoms with Crippen LogP contribution in [0.25, 0.3) is 0 Å². The molecule has 0 saturated carbocycles. The number of carbonyl (C=O) groups is 2. The SMILES string of the molecule is COCCCOc1cc(C(=O)N(C(C)C)[C@@H]2CC[C@@H](CC(=O)O)N(Cc3ccc(OC)cc3)C2)ccc1OC. The monoisotopic (exact) mass is 542 g/mol. The van der Waals surface area contributed by atoms with E-state index in [1.165, 1.54) is 0 Å². The van der Waals surface area contributed by atoms with Crippen LogP contribution in [0.3, 0.4) is 0 Å². The fourth-order valence-electron chi connectivity index (χ4n) is 5.18. The van der Waals surface area contributed by atoms with Gasteiger partial charge in [0.15, 0.2) is 11.5 Å². The van der Waals surface area contributed by atoms with Crippen LogP contribution >= 0.6 is 0 Å². The average molecular weight is 543 g/mol. The van der Waals surface area contributed by atoms with Crippen LogP contribution < -0.4 is 14.2 Å². The number of hydrogen-bond acceptors (Lipinski definition) is 7. The Kier molecular flexibility index (Phi) is 11.4. The van der Waals surface area contributed by atoms with Gasteiger partial charge in [-0.3, -0.25) is 14.5 Å². The lowest BCUT2D eigenvalue weighted by Crippen LogP contribution is -2.55. The Morgan fingerprint density at radius 2 is 1.74 bits per heavy atom. The quantitative estimate of drug-likeness (QED) is 0.349. The molecule has 0 aromatic heterocycles. The molecule has 1 heterocycles. The summed E-state index contributed by atoms with van der Waals surface area (Å²) in [5.74, 6) is 0.969. The number of aliphatic carboxylic acids is 1. The number of ether oxygens (including phenoxy) is 4. The number of amides is 1. The molecule has 1 N–H and O–H groups in total. The summed E-state index contributed by atoms with van der Waals surface area (Å²) in [5, 5.41) is 9.54. The highest BCUT2D eigenvalue weighted by Gasteiger charge is 2.36. The minimum absolute atomic E-state index is 0.0467. The summed E-state index contributed by atoms with van der Waals surface area (Å²) in [5.41, 5.74) is 1.60. The molecule has 0 bridgehead atoms. The van der Waals surface area contributed by atoms with Crippen molar-refractivity contribution in [1.82, 2.24) is 9.80 Å². The van der Waals surface area contributed by atoms with Crippen LogP contribution in [0.5, 0.6) is 17.2 Å². The summed E-state index contributed by atoms with van der Waals surface area (Å²) in [4.78, 5) is 29.6. The summed E-state index contributed by atoms with van der Waals surface area (Å²) in [6.07, 6.45) is 2.22. The number of nitrogens with zero attached hydrogens (tertiary/aromatic N) is 2. The Morgan fingerprint density at radius 1 is 1.00 bits per heavy atom. The highest BCUT2D eigenvalue weighted by Crippen LogP contribution is 2.31. The van der Waals surface area contributed by atoms with Crippen molar-refractivity contribution in [1.29, 1.82) is 0 Å². The van der Waals surface area contributed by atoms with Crippen LogP contribution in [-0.4, -0.2) is 86.0 Å². The van der Waals surface area contributed by atoms with Crippen molar-refractivity contribution < 1.29 is 33.6 Å². The largest absolute Gasteiger partial charge is 0.497 e. The van der Waals surface area contributed by atoms with Gasteiger partial charge in [0.25, 0.3) is 5.91 Å². The van der Waals surface area contributed by atoms with Crippen molar-refractivity contribution in [2.24, 2.45) is 0 Å². The first-order chi connectivity index (χ1) is 18.8. The average Bonchev–Trinajstić information content (AvgIpc) is 2.92. The number of carboxylic acid groups (broad SMARTS) is 1. The molecule has 9 nitrogen and oxygen atoms in total. The van der Waals surface area contributed by atoms with E-state index in [1.54, 1.807) is 39.5 Å². The number of piperidine rings is 1. The van der Waals surface area contributed by atoms with Crippen molar-refractivity contribution in [3.05, 3.63) is 53.6 Å². The molecule has 214 valence electrons. The Morgan fingerprint density at radius 3 is 2.36 bits per heavy atom. The van der Waals surface area contributed by atoms with Crippen LogP contribution in [0, 0.1) is 0 Å². The first kappa shape index (κ1) is 30.2. The van der Waals surface area contributed by atoms with Gasteiger partial charge in [0.2, 0.25) is 0 Å². The van der Waals surface area contributed by atoms with Gasteiger partial charge in [0, 0.05) is 56.9 Å². The number of hydrogen-bond donors (Lipinski definition) is 1. The van der Waals surface area contributed by atoms with Gasteiger partial charge >= 0.3 is 5.97 Å². The summed E-state index contributed by atoms with van der Waals surface area (Å²) in [6, 6.07) is 12.9. The molecule has 1 saturated heterocycles. The van der Waals surface area contributed by atoms with Crippen molar-refractivity contribution in [3.63, 3.8) is 0 Å². The second-order valence-corrected chi connectivity index (χ2v) is 10.1. The van der Waals surface area contributed by atoms with Gasteiger partial charge in [0.1, 0.15) is 5.75 Å². The minimum Gasteiger partial charge on any atom is -0.497 e. The van der Waals surface area contributed by atoms with Crippen molar-refractivity contribution >= 4 is 11.9 Å². The maximum atomic E-state index is 13.9. The summed E-state index contributed by atoms with van der Waals surface area (Å²) in [6.45, 7) is 6.25. The second kappa shape index (κ2) is 14.7. The van der Waals surface area contributed by atoms with Crippen LogP contribution in [-0.2, 0) is 16.1 Å². The van der Waals surface area contributed by atoms with Gasteiger partial charge in [-0.15, -0.1) is 0 Å². The van der Waals surface area contributed by atoms with E-state index in [4.69, 9.17) is 18.9 Å². The zero-order valence-corrected chi connectivity index (χ0v) is 23.7. The molecule has 39 heavy (non-hydrogen) atoms. The molecule has 1 aliphatic rings. The summed E-state index contributed by atoms with van der Waals surface area (Å²) >= 11 is 0. The standard InChI is InChI=1S/C30H42N2O7/c1-21(2)32(30(35)23-9-14-27(38-5)28(17-23)39-16-6-15-36-3)25-11-10-24(18-29(33)34)31(20-25)19-22-7-12-26(37-4)13-8-22/h7-9,12-14,17,21,24-25H,6,10-11,15-16,18-20H2,1-5H3,(H,33,34)/t24-,25+/m0/s1. The molecular formula is C30H42N2O7. The molecule has 2 atom stereocenters. The number of likely N-dealkylation sites (tertiary alicyclic amines) is 1. The topological polar surface area (TPSA) is 97.8 Å². The smallest absolute Gasteiger partial charge is 0.304 e. The van der Waals surface area contributed by atoms with Crippen LogP contribution in [0.4, 0.5) is 0 Å². The lowest BCUT2D eigenvalue weighted by molar-refractivity contribution is -0.139. The van der Waals surface area contributed by atoms with Crippen molar-refractivity contribution in [2.45, 2.75) is 64.2 Å². The lowest BCUT2D eigenvalue weighted by Gasteiger charge is -2.45. The Bertz CT molecular complexity index is 1070. The molecule has 0 spiro atoms. The minimum atomic E-state index is -0.814. The van der Waals surface area contributed by atoms with Crippen LogP contribution in [0.2, 0.25) is 0 Å². The van der Waals surface area contributed by atoms with E-state index in [2.05, 4.69) is 4.90 Å². The summed E-state index contributed by atoms with van der Waals surface area (Å²) in [7, 11) is 4.85. The second-order valence-electron chi connectivity index (χ2n) is 10.1. The first-order valence-corrected chi connectivity index (χ1v) is 13.5. The van der Waals surface area contributed by atoms with E-state index in [-0.39, 0.29) is 30.5 Å². The van der Waals surface area contributed by atoms with E-state index in [9.17, 15) is 14.7 Å². The molecule has 2 aromatic rings. The number of benzene rings is 2. The number of carbonyl (C=O) groups excluding carboxylic acids is 1. The molecule has 1 aliphatic heterocycles. The van der Waals surface area contributed by atoms with Crippen molar-refractivity contribution in [3.8, 4) is 17.2 Å². The number of rotatable bonds is 14. The normalized spacial score (nSPS) is 17.6. The molecule has 3 rings (SSSR count). The molecule has 2 aromatic carbocycles. The molecule has 0 unspecified atom stereocenters. The molecule has 0 aliphatic carbocycles. The van der Waals surface area contributed by atoms with E-state index >= 15 is 0 Å². The van der Waals surface area contributed by atoms with Gasteiger partial charge in [-0.25, -0.2) is 0 Å². The van der Waals surface area contributed by atoms with E-state index in [0.717, 1.165) is 24.2 Å². The van der Waals surface area contributed by atoms with E-state index in [0.29, 0.717) is 49.8 Å². The Hall–Kier alpha value is -3.30. The zero-order chi connectivity index (χ0) is 28.4. The van der Waals surface area contributed by atoms with Gasteiger partial charge in [-0.2, -0.15) is 0 Å². The highest BCUT2D eigenvalue weighted by atomic mass is 16.5. The van der Waals surface area contributed by atoms with E-state index in [1.807, 2.05) is 43.0 Å². The van der Waals surface area contributed by atoms with Gasteiger partial charge in [-0.1, -0.05) is 12.1 Å².